The summed E-state index contributed by atoms with van der Waals surface area (Å²) in [5.74, 6) is -0.237. The van der Waals surface area contributed by atoms with Gasteiger partial charge in [0, 0.05) is 32.4 Å². The molecule has 0 aromatic carbocycles. The SMILES string of the molecule is O=C(c1ccc[nH]c1=S)N1CCN(CC(F)(F)F)CC1. The Kier molecular flexibility index (Phi) is 4.44. The van der Waals surface area contributed by atoms with E-state index in [1.54, 1.807) is 18.3 Å². The van der Waals surface area contributed by atoms with Gasteiger partial charge in [0.2, 0.25) is 0 Å². The fourth-order valence-electron chi connectivity index (χ4n) is 2.12. The van der Waals surface area contributed by atoms with Crippen LogP contribution < -0.4 is 0 Å². The number of alkyl halides is 3. The number of hydrogen-bond donors (Lipinski definition) is 1. The van der Waals surface area contributed by atoms with Gasteiger partial charge in [-0.3, -0.25) is 9.69 Å². The van der Waals surface area contributed by atoms with E-state index < -0.39 is 12.7 Å². The molecule has 2 rings (SSSR count). The summed E-state index contributed by atoms with van der Waals surface area (Å²) in [4.78, 5) is 17.8. The zero-order valence-corrected chi connectivity index (χ0v) is 11.4. The van der Waals surface area contributed by atoms with Gasteiger partial charge in [-0.1, -0.05) is 12.2 Å². The van der Waals surface area contributed by atoms with Crippen LogP contribution in [0.2, 0.25) is 0 Å². The second-order valence-corrected chi connectivity index (χ2v) is 5.00. The van der Waals surface area contributed by atoms with Crippen LogP contribution in [0.1, 0.15) is 10.4 Å². The van der Waals surface area contributed by atoms with Gasteiger partial charge in [-0.2, -0.15) is 13.2 Å². The molecule has 0 atom stereocenters. The van der Waals surface area contributed by atoms with Gasteiger partial charge in [0.15, 0.2) is 0 Å². The molecule has 1 fully saturated rings. The van der Waals surface area contributed by atoms with E-state index in [0.717, 1.165) is 0 Å². The third kappa shape index (κ3) is 3.80. The molecule has 0 saturated carbocycles. The molecule has 4 nitrogen and oxygen atoms in total. The lowest BCUT2D eigenvalue weighted by atomic mass is 10.2. The Bertz CT molecular complexity index is 535. The number of aromatic nitrogens is 1. The first kappa shape index (κ1) is 15.0. The highest BCUT2D eigenvalue weighted by Crippen LogP contribution is 2.18. The molecule has 1 saturated heterocycles. The van der Waals surface area contributed by atoms with Gasteiger partial charge >= 0.3 is 6.18 Å². The van der Waals surface area contributed by atoms with Crippen LogP contribution in [0.5, 0.6) is 0 Å². The van der Waals surface area contributed by atoms with Crippen LogP contribution in [0.25, 0.3) is 0 Å². The molecular weight excluding hydrogens is 291 g/mol. The Morgan fingerprint density at radius 2 is 1.95 bits per heavy atom. The summed E-state index contributed by atoms with van der Waals surface area (Å²) < 4.78 is 37.2. The van der Waals surface area contributed by atoms with Crippen molar-refractivity contribution in [2.45, 2.75) is 6.18 Å². The van der Waals surface area contributed by atoms with Crippen LogP contribution in [-0.2, 0) is 0 Å². The summed E-state index contributed by atoms with van der Waals surface area (Å²) in [6, 6.07) is 3.28. The highest BCUT2D eigenvalue weighted by Gasteiger charge is 2.33. The van der Waals surface area contributed by atoms with Gasteiger partial charge in [-0.15, -0.1) is 0 Å². The number of piperazine rings is 1. The lowest BCUT2D eigenvalue weighted by Gasteiger charge is -2.35. The Labute approximate surface area is 119 Å². The molecule has 0 radical (unpaired) electrons. The number of hydrogen-bond acceptors (Lipinski definition) is 3. The number of amides is 1. The molecule has 0 unspecified atom stereocenters. The van der Waals surface area contributed by atoms with Crippen molar-refractivity contribution in [2.24, 2.45) is 0 Å². The van der Waals surface area contributed by atoms with Crippen LogP contribution in [0.4, 0.5) is 13.2 Å². The third-order valence-corrected chi connectivity index (χ3v) is 3.45. The van der Waals surface area contributed by atoms with E-state index in [2.05, 4.69) is 4.98 Å². The van der Waals surface area contributed by atoms with Crippen molar-refractivity contribution in [1.29, 1.82) is 0 Å². The summed E-state index contributed by atoms with van der Waals surface area (Å²) >= 11 is 5.03. The molecule has 1 aliphatic rings. The quantitative estimate of drug-likeness (QED) is 0.850. The molecule has 1 aliphatic heterocycles. The van der Waals surface area contributed by atoms with Crippen LogP contribution in [0, 0.1) is 4.64 Å². The fraction of sp³-hybridized carbons (Fsp3) is 0.500. The predicted octanol–water partition coefficient (Wildman–Crippen LogP) is 2.06. The topological polar surface area (TPSA) is 39.3 Å². The molecule has 1 aromatic rings. The van der Waals surface area contributed by atoms with E-state index in [4.69, 9.17) is 12.2 Å². The van der Waals surface area contributed by atoms with Gasteiger partial charge < -0.3 is 9.88 Å². The minimum Gasteiger partial charge on any atom is -0.352 e. The van der Waals surface area contributed by atoms with Crippen molar-refractivity contribution in [3.63, 3.8) is 0 Å². The number of carbonyl (C=O) groups excluding carboxylic acids is 1. The van der Waals surface area contributed by atoms with Crippen LogP contribution in [0.3, 0.4) is 0 Å². The monoisotopic (exact) mass is 305 g/mol. The first-order valence-corrected chi connectivity index (χ1v) is 6.54. The summed E-state index contributed by atoms with van der Waals surface area (Å²) in [6.45, 7) is 0.0563. The number of H-pyrrole nitrogens is 1. The molecular formula is C12H14F3N3OS. The molecule has 2 heterocycles. The molecule has 8 heteroatoms. The van der Waals surface area contributed by atoms with E-state index in [9.17, 15) is 18.0 Å². The first-order chi connectivity index (χ1) is 9.37. The van der Waals surface area contributed by atoms with E-state index in [1.165, 1.54) is 9.80 Å². The molecule has 0 spiro atoms. The third-order valence-electron chi connectivity index (χ3n) is 3.11. The Hall–Kier alpha value is -1.41. The van der Waals surface area contributed by atoms with E-state index in [0.29, 0.717) is 10.2 Å². The van der Waals surface area contributed by atoms with Crippen LogP contribution >= 0.6 is 12.2 Å². The number of halogens is 3. The molecule has 110 valence electrons. The van der Waals surface area contributed by atoms with Gasteiger partial charge in [-0.25, -0.2) is 0 Å². The van der Waals surface area contributed by atoms with Crippen molar-refractivity contribution in [2.75, 3.05) is 32.7 Å². The number of rotatable bonds is 2. The van der Waals surface area contributed by atoms with E-state index in [-0.39, 0.29) is 32.1 Å². The minimum atomic E-state index is -4.20. The summed E-state index contributed by atoms with van der Waals surface area (Å²) in [7, 11) is 0. The highest BCUT2D eigenvalue weighted by molar-refractivity contribution is 7.71. The Morgan fingerprint density at radius 3 is 2.50 bits per heavy atom. The second kappa shape index (κ2) is 5.92. The molecule has 1 aromatic heterocycles. The lowest BCUT2D eigenvalue weighted by molar-refractivity contribution is -0.148. The number of aromatic amines is 1. The highest BCUT2D eigenvalue weighted by atomic mass is 32.1. The Balaban J connectivity index is 1.96. The van der Waals surface area contributed by atoms with Gasteiger partial charge in [0.1, 0.15) is 4.64 Å². The smallest absolute Gasteiger partial charge is 0.352 e. The molecule has 0 aliphatic carbocycles. The maximum absolute atomic E-state index is 12.3. The van der Waals surface area contributed by atoms with Gasteiger partial charge in [0.05, 0.1) is 12.1 Å². The number of carbonyl (C=O) groups is 1. The molecule has 1 amide bonds. The summed E-state index contributed by atoms with van der Waals surface area (Å²) in [5.41, 5.74) is 0.381. The molecule has 1 N–H and O–H groups in total. The largest absolute Gasteiger partial charge is 0.401 e. The minimum absolute atomic E-state index is 0.217. The first-order valence-electron chi connectivity index (χ1n) is 6.13. The Morgan fingerprint density at radius 1 is 1.30 bits per heavy atom. The van der Waals surface area contributed by atoms with Crippen molar-refractivity contribution < 1.29 is 18.0 Å². The summed E-state index contributed by atoms with van der Waals surface area (Å²) in [5, 5.41) is 0. The van der Waals surface area contributed by atoms with Crippen molar-refractivity contribution in [3.05, 3.63) is 28.5 Å². The maximum atomic E-state index is 12.3. The summed E-state index contributed by atoms with van der Waals surface area (Å²) in [6.07, 6.45) is -2.57. The van der Waals surface area contributed by atoms with Crippen LogP contribution in [0.15, 0.2) is 18.3 Å². The normalized spacial score (nSPS) is 17.2. The van der Waals surface area contributed by atoms with Crippen LogP contribution in [-0.4, -0.2) is 59.6 Å². The van der Waals surface area contributed by atoms with Crippen molar-refractivity contribution >= 4 is 18.1 Å². The van der Waals surface area contributed by atoms with E-state index >= 15 is 0 Å². The van der Waals surface area contributed by atoms with Crippen molar-refractivity contribution in [1.82, 2.24) is 14.8 Å². The average Bonchev–Trinajstić information content (AvgIpc) is 2.37. The fourth-order valence-corrected chi connectivity index (χ4v) is 2.35. The molecule has 20 heavy (non-hydrogen) atoms. The zero-order chi connectivity index (χ0) is 14.8. The van der Waals surface area contributed by atoms with Gasteiger partial charge in [0.25, 0.3) is 5.91 Å². The predicted molar refractivity (Wildman–Crippen MR) is 70.0 cm³/mol. The lowest BCUT2D eigenvalue weighted by Crippen LogP contribution is -2.51. The zero-order valence-electron chi connectivity index (χ0n) is 10.6. The maximum Gasteiger partial charge on any atom is 0.401 e. The van der Waals surface area contributed by atoms with E-state index in [1.807, 2.05) is 0 Å². The molecule has 0 bridgehead atoms. The second-order valence-electron chi connectivity index (χ2n) is 4.60. The number of nitrogens with one attached hydrogen (secondary N) is 1. The standard InChI is InChI=1S/C12H14F3N3OS/c13-12(14,15)8-17-4-6-18(7-5-17)11(19)9-2-1-3-16-10(9)20/h1-3H,4-8H2,(H,16,20). The number of pyridine rings is 1. The van der Waals surface area contributed by atoms with Gasteiger partial charge in [-0.05, 0) is 12.1 Å². The van der Waals surface area contributed by atoms with Crippen molar-refractivity contribution in [3.8, 4) is 0 Å². The average molecular weight is 305 g/mol. The number of nitrogens with zero attached hydrogens (tertiary/aromatic N) is 2.